The Labute approximate surface area is 165 Å². The molecule has 3 heterocycles. The molecule has 4 rings (SSSR count). The van der Waals surface area contributed by atoms with E-state index in [9.17, 15) is 4.79 Å². The van der Waals surface area contributed by atoms with Gasteiger partial charge in [-0.2, -0.15) is 4.98 Å². The number of likely N-dealkylation sites (tertiary alicyclic amines) is 1. The minimum atomic E-state index is 0.0567. The van der Waals surface area contributed by atoms with Crippen LogP contribution in [0.5, 0.6) is 0 Å². The molecule has 7 nitrogen and oxygen atoms in total. The second-order valence-corrected chi connectivity index (χ2v) is 7.71. The van der Waals surface area contributed by atoms with Crippen LogP contribution < -0.4 is 0 Å². The van der Waals surface area contributed by atoms with Crippen molar-refractivity contribution < 1.29 is 18.8 Å². The number of amides is 1. The maximum Gasteiger partial charge on any atom is 0.253 e. The minimum absolute atomic E-state index is 0.0567. The number of rotatable bonds is 7. The Bertz CT molecular complexity index is 794. The molecule has 2 saturated heterocycles. The van der Waals surface area contributed by atoms with Gasteiger partial charge in [0.15, 0.2) is 5.82 Å². The van der Waals surface area contributed by atoms with E-state index < -0.39 is 0 Å². The number of aryl methyl sites for hydroxylation is 1. The standard InChI is InChI=1S/C21H27N3O4/c1-15-3-2-4-17(11-15)21(25)24-12-18(13-24)20-22-19(23-28-20)7-10-27-14-16-5-8-26-9-6-16/h2-4,11,16,18H,5-10,12-14H2,1H3. The van der Waals surface area contributed by atoms with E-state index in [-0.39, 0.29) is 11.8 Å². The van der Waals surface area contributed by atoms with E-state index in [2.05, 4.69) is 10.1 Å². The summed E-state index contributed by atoms with van der Waals surface area (Å²) in [7, 11) is 0. The van der Waals surface area contributed by atoms with Crippen molar-refractivity contribution in [3.8, 4) is 0 Å². The number of aromatic nitrogens is 2. The van der Waals surface area contributed by atoms with Crippen molar-refractivity contribution in [3.05, 3.63) is 47.1 Å². The fourth-order valence-corrected chi connectivity index (χ4v) is 3.62. The van der Waals surface area contributed by atoms with Gasteiger partial charge in [-0.3, -0.25) is 4.79 Å². The van der Waals surface area contributed by atoms with E-state index in [1.54, 1.807) is 0 Å². The molecule has 1 aromatic carbocycles. The zero-order chi connectivity index (χ0) is 19.3. The molecular formula is C21H27N3O4. The molecule has 1 amide bonds. The van der Waals surface area contributed by atoms with E-state index >= 15 is 0 Å². The number of nitrogens with zero attached hydrogens (tertiary/aromatic N) is 3. The molecule has 2 aliphatic heterocycles. The van der Waals surface area contributed by atoms with Crippen molar-refractivity contribution >= 4 is 5.91 Å². The topological polar surface area (TPSA) is 77.7 Å². The van der Waals surface area contributed by atoms with Crippen LogP contribution in [0, 0.1) is 12.8 Å². The maximum absolute atomic E-state index is 12.5. The van der Waals surface area contributed by atoms with Crippen molar-refractivity contribution in [2.75, 3.05) is 39.5 Å². The molecule has 7 heteroatoms. The van der Waals surface area contributed by atoms with Gasteiger partial charge in [0.2, 0.25) is 5.89 Å². The van der Waals surface area contributed by atoms with Crippen LogP contribution in [-0.4, -0.2) is 60.5 Å². The van der Waals surface area contributed by atoms with Crippen LogP contribution in [0.15, 0.2) is 28.8 Å². The summed E-state index contributed by atoms with van der Waals surface area (Å²) in [6, 6.07) is 7.67. The van der Waals surface area contributed by atoms with Crippen LogP contribution in [-0.2, 0) is 15.9 Å². The van der Waals surface area contributed by atoms with Crippen LogP contribution >= 0.6 is 0 Å². The first kappa shape index (κ1) is 19.1. The number of carbonyl (C=O) groups is 1. The number of hydrogen-bond donors (Lipinski definition) is 0. The third kappa shape index (κ3) is 4.59. The summed E-state index contributed by atoms with van der Waals surface area (Å²) < 4.78 is 16.5. The second-order valence-electron chi connectivity index (χ2n) is 7.71. The van der Waals surface area contributed by atoms with Crippen LogP contribution in [0.4, 0.5) is 0 Å². The lowest BCUT2D eigenvalue weighted by atomic mass is 9.98. The highest BCUT2D eigenvalue weighted by atomic mass is 16.5. The first-order valence-corrected chi connectivity index (χ1v) is 10.0. The Morgan fingerprint density at radius 1 is 1.29 bits per heavy atom. The van der Waals surface area contributed by atoms with Crippen molar-refractivity contribution in [3.63, 3.8) is 0 Å². The quantitative estimate of drug-likeness (QED) is 0.682. The predicted octanol–water partition coefficient (Wildman–Crippen LogP) is 2.60. The van der Waals surface area contributed by atoms with E-state index in [4.69, 9.17) is 14.0 Å². The predicted molar refractivity (Wildman–Crippen MR) is 102 cm³/mol. The first-order valence-electron chi connectivity index (χ1n) is 10.0. The molecule has 0 aliphatic carbocycles. The lowest BCUT2D eigenvalue weighted by molar-refractivity contribution is 0.0211. The number of ether oxygens (including phenoxy) is 2. The average molecular weight is 385 g/mol. The van der Waals surface area contributed by atoms with Crippen molar-refractivity contribution in [2.45, 2.75) is 32.1 Å². The smallest absolute Gasteiger partial charge is 0.253 e. The Balaban J connectivity index is 1.19. The van der Waals surface area contributed by atoms with Crippen LogP contribution in [0.3, 0.4) is 0 Å². The van der Waals surface area contributed by atoms with Gasteiger partial charge in [0.25, 0.3) is 5.91 Å². The highest BCUT2D eigenvalue weighted by molar-refractivity contribution is 5.95. The van der Waals surface area contributed by atoms with Gasteiger partial charge in [-0.15, -0.1) is 0 Å². The van der Waals surface area contributed by atoms with Crippen molar-refractivity contribution in [1.82, 2.24) is 15.0 Å². The van der Waals surface area contributed by atoms with Gasteiger partial charge in [-0.05, 0) is 37.8 Å². The summed E-state index contributed by atoms with van der Waals surface area (Å²) in [4.78, 5) is 18.8. The number of benzene rings is 1. The van der Waals surface area contributed by atoms with Crippen molar-refractivity contribution in [1.29, 1.82) is 0 Å². The monoisotopic (exact) mass is 385 g/mol. The molecule has 28 heavy (non-hydrogen) atoms. The van der Waals surface area contributed by atoms with Gasteiger partial charge < -0.3 is 18.9 Å². The Kier molecular flexibility index (Phi) is 6.02. The van der Waals surface area contributed by atoms with E-state index in [0.717, 1.165) is 43.8 Å². The zero-order valence-corrected chi connectivity index (χ0v) is 16.3. The molecule has 0 unspecified atom stereocenters. The summed E-state index contributed by atoms with van der Waals surface area (Å²) in [5, 5.41) is 4.05. The molecule has 0 atom stereocenters. The van der Waals surface area contributed by atoms with Gasteiger partial charge in [0.05, 0.1) is 12.5 Å². The summed E-state index contributed by atoms with van der Waals surface area (Å²) in [5.41, 5.74) is 1.81. The molecule has 0 N–H and O–H groups in total. The van der Waals surface area contributed by atoms with Gasteiger partial charge in [0, 0.05) is 44.9 Å². The average Bonchev–Trinajstić information content (AvgIpc) is 3.13. The molecule has 0 spiro atoms. The lowest BCUT2D eigenvalue weighted by Crippen LogP contribution is -2.48. The summed E-state index contributed by atoms with van der Waals surface area (Å²) >= 11 is 0. The minimum Gasteiger partial charge on any atom is -0.381 e. The van der Waals surface area contributed by atoms with Crippen LogP contribution in [0.25, 0.3) is 0 Å². The second kappa shape index (κ2) is 8.84. The summed E-state index contributed by atoms with van der Waals surface area (Å²) in [6.07, 6.45) is 2.79. The number of hydrogen-bond acceptors (Lipinski definition) is 6. The van der Waals surface area contributed by atoms with Crippen molar-refractivity contribution in [2.24, 2.45) is 5.92 Å². The highest BCUT2D eigenvalue weighted by Crippen LogP contribution is 2.27. The molecule has 1 aromatic heterocycles. The molecule has 2 aliphatic rings. The summed E-state index contributed by atoms with van der Waals surface area (Å²) in [5.74, 6) is 2.07. The van der Waals surface area contributed by atoms with E-state index in [1.807, 2.05) is 36.1 Å². The third-order valence-electron chi connectivity index (χ3n) is 5.43. The largest absolute Gasteiger partial charge is 0.381 e. The molecule has 0 saturated carbocycles. The molecule has 150 valence electrons. The lowest BCUT2D eigenvalue weighted by Gasteiger charge is -2.37. The number of carbonyl (C=O) groups excluding carboxylic acids is 1. The van der Waals surface area contributed by atoms with Gasteiger partial charge >= 0.3 is 0 Å². The molecular weight excluding hydrogens is 358 g/mol. The molecule has 0 radical (unpaired) electrons. The molecule has 2 fully saturated rings. The van der Waals surface area contributed by atoms with Crippen LogP contribution in [0.2, 0.25) is 0 Å². The van der Waals surface area contributed by atoms with E-state index in [1.165, 1.54) is 0 Å². The molecule has 2 aromatic rings. The summed E-state index contributed by atoms with van der Waals surface area (Å²) in [6.45, 7) is 6.28. The first-order chi connectivity index (χ1) is 13.7. The Hall–Kier alpha value is -2.25. The fourth-order valence-electron chi connectivity index (χ4n) is 3.62. The SMILES string of the molecule is Cc1cccc(C(=O)N2CC(c3nc(CCOCC4CCOCC4)no3)C2)c1. The highest BCUT2D eigenvalue weighted by Gasteiger charge is 2.36. The molecule has 0 bridgehead atoms. The zero-order valence-electron chi connectivity index (χ0n) is 16.3. The van der Waals surface area contributed by atoms with Crippen LogP contribution in [0.1, 0.15) is 46.4 Å². The normalized spacial score (nSPS) is 18.2. The van der Waals surface area contributed by atoms with Gasteiger partial charge in [0.1, 0.15) is 0 Å². The maximum atomic E-state index is 12.5. The Morgan fingerprint density at radius 2 is 2.11 bits per heavy atom. The fraction of sp³-hybridized carbons (Fsp3) is 0.571. The third-order valence-corrected chi connectivity index (χ3v) is 5.43. The van der Waals surface area contributed by atoms with E-state index in [0.29, 0.717) is 43.8 Å². The van der Waals surface area contributed by atoms with Gasteiger partial charge in [-0.25, -0.2) is 0 Å². The van der Waals surface area contributed by atoms with Gasteiger partial charge in [-0.1, -0.05) is 22.9 Å². The Morgan fingerprint density at radius 3 is 2.89 bits per heavy atom.